The zero-order chi connectivity index (χ0) is 18.5. The van der Waals surface area contributed by atoms with Gasteiger partial charge in [0.15, 0.2) is 0 Å². The number of aryl methyl sites for hydroxylation is 1. The van der Waals surface area contributed by atoms with Gasteiger partial charge in [-0.05, 0) is 68.3 Å². The van der Waals surface area contributed by atoms with Gasteiger partial charge in [-0.1, -0.05) is 91.0 Å². The van der Waals surface area contributed by atoms with E-state index < -0.39 is 0 Å². The van der Waals surface area contributed by atoms with Crippen LogP contribution in [0.15, 0.2) is 91.0 Å². The number of hydrogen-bond donors (Lipinski definition) is 1. The molecule has 1 aliphatic rings. The lowest BCUT2D eigenvalue weighted by molar-refractivity contribution is 0.622. The Morgan fingerprint density at radius 1 is 0.517 bits per heavy atom. The molecule has 142 valence electrons. The molecule has 0 radical (unpaired) electrons. The van der Waals surface area contributed by atoms with E-state index in [1.165, 1.54) is 62.7 Å². The van der Waals surface area contributed by atoms with E-state index in [4.69, 9.17) is 0 Å². The molecule has 1 unspecified atom stereocenters. The summed E-state index contributed by atoms with van der Waals surface area (Å²) in [6.45, 7) is 0. The van der Waals surface area contributed by atoms with Crippen LogP contribution in [0.4, 0.5) is 0 Å². The highest BCUT2D eigenvalue weighted by molar-refractivity contribution is 6.08. The molecule has 3 N–H and O–H groups in total. The van der Waals surface area contributed by atoms with Crippen LogP contribution >= 0.6 is 0 Å². The second kappa shape index (κ2) is 7.02. The molecule has 0 aliphatic heterocycles. The molecule has 0 spiro atoms. The SMILES string of the molecule is N.c1ccc2c(C3CCCc4c3ccc3c4ccc4ccccc43)cccc2c1. The average Bonchev–Trinajstić information content (AvgIpc) is 2.78. The van der Waals surface area contributed by atoms with Gasteiger partial charge < -0.3 is 6.15 Å². The van der Waals surface area contributed by atoms with E-state index in [9.17, 15) is 0 Å². The van der Waals surface area contributed by atoms with Crippen LogP contribution < -0.4 is 6.15 Å². The highest BCUT2D eigenvalue weighted by Crippen LogP contribution is 2.42. The van der Waals surface area contributed by atoms with E-state index in [1.807, 2.05) is 0 Å². The Morgan fingerprint density at radius 2 is 1.21 bits per heavy atom. The van der Waals surface area contributed by atoms with E-state index in [0.717, 1.165) is 0 Å². The quantitative estimate of drug-likeness (QED) is 0.298. The number of rotatable bonds is 1. The maximum absolute atomic E-state index is 2.41. The van der Waals surface area contributed by atoms with Crippen LogP contribution in [0, 0.1) is 0 Å². The summed E-state index contributed by atoms with van der Waals surface area (Å²) < 4.78 is 0. The summed E-state index contributed by atoms with van der Waals surface area (Å²) in [5.41, 5.74) is 4.58. The van der Waals surface area contributed by atoms with Gasteiger partial charge in [0.2, 0.25) is 0 Å². The lowest BCUT2D eigenvalue weighted by Gasteiger charge is -2.28. The van der Waals surface area contributed by atoms with E-state index in [1.54, 1.807) is 5.56 Å². The highest BCUT2D eigenvalue weighted by Gasteiger charge is 2.24. The third kappa shape index (κ3) is 2.73. The Balaban J connectivity index is 0.00000181. The van der Waals surface area contributed by atoms with Crippen LogP contribution in [0.25, 0.3) is 32.3 Å². The van der Waals surface area contributed by atoms with Crippen LogP contribution in [-0.4, -0.2) is 0 Å². The molecule has 0 amide bonds. The van der Waals surface area contributed by atoms with Crippen molar-refractivity contribution in [2.75, 3.05) is 0 Å². The monoisotopic (exact) mass is 375 g/mol. The normalized spacial score (nSPS) is 15.9. The molecule has 0 saturated carbocycles. The van der Waals surface area contributed by atoms with Gasteiger partial charge in [0, 0.05) is 5.92 Å². The molecule has 5 aromatic rings. The van der Waals surface area contributed by atoms with Crippen LogP contribution in [0.3, 0.4) is 0 Å². The average molecular weight is 376 g/mol. The molecule has 1 atom stereocenters. The first kappa shape index (κ1) is 17.9. The predicted octanol–water partition coefficient (Wildman–Crippen LogP) is 7.78. The third-order valence-electron chi connectivity index (χ3n) is 6.57. The molecule has 0 fully saturated rings. The van der Waals surface area contributed by atoms with Gasteiger partial charge in [0.1, 0.15) is 0 Å². The summed E-state index contributed by atoms with van der Waals surface area (Å²) in [4.78, 5) is 0. The molecule has 29 heavy (non-hydrogen) atoms. The minimum atomic E-state index is 0. The molecule has 1 nitrogen and oxygen atoms in total. The smallest absolute Gasteiger partial charge is 0.00985 e. The number of hydrogen-bond acceptors (Lipinski definition) is 1. The van der Waals surface area contributed by atoms with Crippen molar-refractivity contribution >= 4 is 32.3 Å². The summed E-state index contributed by atoms with van der Waals surface area (Å²) in [6, 6.07) is 33.8. The lowest BCUT2D eigenvalue weighted by Crippen LogP contribution is -2.12. The zero-order valence-electron chi connectivity index (χ0n) is 16.6. The first-order chi connectivity index (χ1) is 13.9. The Morgan fingerprint density at radius 3 is 2.07 bits per heavy atom. The Kier molecular flexibility index (Phi) is 4.34. The number of fused-ring (bicyclic) bond motifs is 6. The zero-order valence-corrected chi connectivity index (χ0v) is 16.6. The minimum absolute atomic E-state index is 0. The predicted molar refractivity (Wildman–Crippen MR) is 125 cm³/mol. The fourth-order valence-corrected chi connectivity index (χ4v) is 5.29. The van der Waals surface area contributed by atoms with E-state index in [2.05, 4.69) is 91.0 Å². The largest absolute Gasteiger partial charge is 0.344 e. The summed E-state index contributed by atoms with van der Waals surface area (Å²) in [7, 11) is 0. The van der Waals surface area contributed by atoms with Crippen LogP contribution in [0.5, 0.6) is 0 Å². The van der Waals surface area contributed by atoms with Crippen molar-refractivity contribution in [3.63, 3.8) is 0 Å². The molecular formula is C28H25N. The molecule has 0 saturated heterocycles. The Bertz CT molecular complexity index is 1340. The van der Waals surface area contributed by atoms with Crippen LogP contribution in [-0.2, 0) is 6.42 Å². The van der Waals surface area contributed by atoms with E-state index >= 15 is 0 Å². The van der Waals surface area contributed by atoms with Gasteiger partial charge in [0.25, 0.3) is 0 Å². The van der Waals surface area contributed by atoms with Crippen molar-refractivity contribution in [1.82, 2.24) is 6.15 Å². The van der Waals surface area contributed by atoms with Crippen molar-refractivity contribution in [1.29, 1.82) is 0 Å². The molecule has 6 rings (SSSR count). The van der Waals surface area contributed by atoms with Crippen LogP contribution in [0.1, 0.15) is 35.4 Å². The first-order valence-corrected chi connectivity index (χ1v) is 10.3. The van der Waals surface area contributed by atoms with E-state index in [0.29, 0.717) is 5.92 Å². The van der Waals surface area contributed by atoms with Gasteiger partial charge in [-0.25, -0.2) is 0 Å². The first-order valence-electron chi connectivity index (χ1n) is 10.3. The highest BCUT2D eigenvalue weighted by atomic mass is 14.3. The molecule has 1 heteroatoms. The molecule has 1 aliphatic carbocycles. The third-order valence-corrected chi connectivity index (χ3v) is 6.57. The van der Waals surface area contributed by atoms with Crippen molar-refractivity contribution in [2.24, 2.45) is 0 Å². The van der Waals surface area contributed by atoms with Crippen molar-refractivity contribution in [3.05, 3.63) is 108 Å². The molecule has 0 aromatic heterocycles. The molecule has 0 bridgehead atoms. The van der Waals surface area contributed by atoms with Gasteiger partial charge in [0.05, 0.1) is 0 Å². The fraction of sp³-hybridized carbons (Fsp3) is 0.143. The van der Waals surface area contributed by atoms with Crippen LogP contribution in [0.2, 0.25) is 0 Å². The fourth-order valence-electron chi connectivity index (χ4n) is 5.29. The number of benzene rings is 5. The standard InChI is InChI=1S/C28H22.H3N/c1-3-10-21-19(7-1)9-5-12-23(21)24-13-6-14-25-27-16-15-20-8-2-4-11-22(20)26(27)17-18-28(24)25;/h1-5,7-12,15-18,24H,6,13-14H2;1H3. The van der Waals surface area contributed by atoms with Gasteiger partial charge in [-0.3, -0.25) is 0 Å². The Labute approximate surface area is 171 Å². The summed E-state index contributed by atoms with van der Waals surface area (Å²) in [5.74, 6) is 0.491. The Hall–Kier alpha value is -3.16. The maximum atomic E-state index is 2.41. The van der Waals surface area contributed by atoms with E-state index in [-0.39, 0.29) is 6.15 Å². The second-order valence-corrected chi connectivity index (χ2v) is 8.03. The van der Waals surface area contributed by atoms with Gasteiger partial charge in [-0.2, -0.15) is 0 Å². The summed E-state index contributed by atoms with van der Waals surface area (Å²) in [6.07, 6.45) is 3.68. The maximum Gasteiger partial charge on any atom is 0.00985 e. The topological polar surface area (TPSA) is 35.0 Å². The molecule has 5 aromatic carbocycles. The summed E-state index contributed by atoms with van der Waals surface area (Å²) in [5, 5.41) is 8.29. The minimum Gasteiger partial charge on any atom is -0.344 e. The van der Waals surface area contributed by atoms with Crippen molar-refractivity contribution < 1.29 is 0 Å². The summed E-state index contributed by atoms with van der Waals surface area (Å²) >= 11 is 0. The van der Waals surface area contributed by atoms with Gasteiger partial charge in [-0.15, -0.1) is 0 Å². The molecule has 0 heterocycles. The lowest BCUT2D eigenvalue weighted by atomic mass is 9.76. The molecular weight excluding hydrogens is 350 g/mol. The van der Waals surface area contributed by atoms with Crippen molar-refractivity contribution in [2.45, 2.75) is 25.2 Å². The van der Waals surface area contributed by atoms with Gasteiger partial charge >= 0.3 is 0 Å². The van der Waals surface area contributed by atoms with Crippen molar-refractivity contribution in [3.8, 4) is 0 Å². The second-order valence-electron chi connectivity index (χ2n) is 8.03.